The lowest BCUT2D eigenvalue weighted by Crippen LogP contribution is -2.58. The van der Waals surface area contributed by atoms with Gasteiger partial charge in [0.25, 0.3) is 0 Å². The average Bonchev–Trinajstić information content (AvgIpc) is 2.77. The number of amides is 3. The van der Waals surface area contributed by atoms with Gasteiger partial charge in [0.15, 0.2) is 0 Å². The highest BCUT2D eigenvalue weighted by atomic mass is 16.4. The Morgan fingerprint density at radius 3 is 1.91 bits per heavy atom. The van der Waals surface area contributed by atoms with Crippen LogP contribution in [0.4, 0.5) is 0 Å². The Kier molecular flexibility index (Phi) is 11.5. The van der Waals surface area contributed by atoms with Crippen LogP contribution < -0.4 is 21.7 Å². The van der Waals surface area contributed by atoms with Gasteiger partial charge in [-0.2, -0.15) is 0 Å². The number of aromatic hydroxyl groups is 1. The van der Waals surface area contributed by atoms with Crippen molar-refractivity contribution >= 4 is 23.7 Å². The van der Waals surface area contributed by atoms with Gasteiger partial charge in [-0.05, 0) is 42.9 Å². The Morgan fingerprint density at radius 2 is 1.41 bits per heavy atom. The predicted molar refractivity (Wildman–Crippen MR) is 128 cm³/mol. The number of hydrogen-bond donors (Lipinski definition) is 6. The zero-order chi connectivity index (χ0) is 26.0. The van der Waals surface area contributed by atoms with Gasteiger partial charge < -0.3 is 31.9 Å². The first kappa shape index (κ1) is 28.9. The van der Waals surface area contributed by atoms with Crippen molar-refractivity contribution in [1.29, 1.82) is 0 Å². The second-order valence-corrected chi connectivity index (χ2v) is 9.10. The van der Waals surface area contributed by atoms with Gasteiger partial charge in [0.2, 0.25) is 17.7 Å². The summed E-state index contributed by atoms with van der Waals surface area (Å²) in [6.45, 7) is 8.82. The number of benzene rings is 1. The molecule has 190 valence electrons. The van der Waals surface area contributed by atoms with Gasteiger partial charge in [-0.15, -0.1) is 0 Å². The number of carbonyl (C=O) groups excluding carboxylic acids is 3. The number of nitrogens with two attached hydrogens (primary N) is 1. The molecule has 0 aliphatic rings. The Balaban J connectivity index is 3.11. The summed E-state index contributed by atoms with van der Waals surface area (Å²) < 4.78 is 0. The first-order valence-electron chi connectivity index (χ1n) is 11.5. The molecule has 0 heterocycles. The molecular formula is C24H38N4O6. The molecule has 1 aromatic rings. The fraction of sp³-hybridized carbons (Fsp3) is 0.583. The largest absolute Gasteiger partial charge is 0.508 e. The normalized spacial score (nSPS) is 15.5. The van der Waals surface area contributed by atoms with Crippen LogP contribution in [-0.2, 0) is 25.6 Å². The molecule has 0 aliphatic carbocycles. The minimum Gasteiger partial charge on any atom is -0.508 e. The zero-order valence-corrected chi connectivity index (χ0v) is 20.5. The lowest BCUT2D eigenvalue weighted by Gasteiger charge is -2.26. The number of aliphatic carboxylic acids is 1. The quantitative estimate of drug-likeness (QED) is 0.245. The molecule has 0 aliphatic heterocycles. The number of hydrogen-bond acceptors (Lipinski definition) is 6. The van der Waals surface area contributed by atoms with Crippen molar-refractivity contribution < 1.29 is 29.4 Å². The summed E-state index contributed by atoms with van der Waals surface area (Å²) in [6.07, 6.45) is 1.06. The first-order valence-corrected chi connectivity index (χ1v) is 11.5. The van der Waals surface area contributed by atoms with E-state index in [2.05, 4.69) is 16.0 Å². The summed E-state index contributed by atoms with van der Waals surface area (Å²) in [7, 11) is 0. The van der Waals surface area contributed by atoms with Crippen molar-refractivity contribution in [3.05, 3.63) is 29.8 Å². The standard InChI is InChI=1S/C24H38N4O6/c1-6-14(4)20(25)23(32)28-19(12-16-7-9-17(29)10-8-16)22(31)27-18(11-13(2)3)21(30)26-15(5)24(33)34/h7-10,13-15,18-20,29H,6,11-12,25H2,1-5H3,(H,26,30)(H,27,31)(H,28,32)(H,33,34). The first-order chi connectivity index (χ1) is 15.8. The summed E-state index contributed by atoms with van der Waals surface area (Å²) in [5.41, 5.74) is 6.72. The maximum atomic E-state index is 13.2. The third-order valence-electron chi connectivity index (χ3n) is 5.64. The van der Waals surface area contributed by atoms with Crippen LogP contribution in [0.2, 0.25) is 0 Å². The van der Waals surface area contributed by atoms with Gasteiger partial charge in [0, 0.05) is 6.42 Å². The lowest BCUT2D eigenvalue weighted by molar-refractivity contribution is -0.142. The van der Waals surface area contributed by atoms with Crippen molar-refractivity contribution in [3.8, 4) is 5.75 Å². The van der Waals surface area contributed by atoms with E-state index in [1.54, 1.807) is 12.1 Å². The predicted octanol–water partition coefficient (Wildman–Crippen LogP) is 0.913. The molecule has 0 saturated heterocycles. The van der Waals surface area contributed by atoms with Crippen LogP contribution in [0.3, 0.4) is 0 Å². The molecule has 10 nitrogen and oxygen atoms in total. The number of phenols is 1. The van der Waals surface area contributed by atoms with Gasteiger partial charge in [-0.1, -0.05) is 46.2 Å². The zero-order valence-electron chi connectivity index (χ0n) is 20.5. The van der Waals surface area contributed by atoms with Crippen LogP contribution in [0.5, 0.6) is 5.75 Å². The van der Waals surface area contributed by atoms with Gasteiger partial charge in [0.1, 0.15) is 23.9 Å². The van der Waals surface area contributed by atoms with Crippen LogP contribution in [-0.4, -0.2) is 58.1 Å². The molecule has 1 aromatic carbocycles. The van der Waals surface area contributed by atoms with Crippen molar-refractivity contribution in [1.82, 2.24) is 16.0 Å². The van der Waals surface area contributed by atoms with Gasteiger partial charge in [-0.25, -0.2) is 0 Å². The Morgan fingerprint density at radius 1 is 0.882 bits per heavy atom. The van der Waals surface area contributed by atoms with Gasteiger partial charge in [-0.3, -0.25) is 19.2 Å². The number of carboxylic acid groups (broad SMARTS) is 1. The van der Waals surface area contributed by atoms with E-state index < -0.39 is 47.9 Å². The molecule has 3 amide bonds. The molecule has 5 atom stereocenters. The number of carboxylic acids is 1. The Labute approximate surface area is 200 Å². The van der Waals surface area contributed by atoms with E-state index in [1.807, 2.05) is 27.7 Å². The summed E-state index contributed by atoms with van der Waals surface area (Å²) in [6, 6.07) is 2.24. The van der Waals surface area contributed by atoms with Crippen LogP contribution in [0.1, 0.15) is 53.0 Å². The molecule has 0 spiro atoms. The average molecular weight is 479 g/mol. The maximum Gasteiger partial charge on any atom is 0.325 e. The van der Waals surface area contributed by atoms with Gasteiger partial charge in [0.05, 0.1) is 6.04 Å². The molecule has 10 heteroatoms. The molecular weight excluding hydrogens is 440 g/mol. The summed E-state index contributed by atoms with van der Waals surface area (Å²) in [4.78, 5) is 49.7. The van der Waals surface area contributed by atoms with Crippen LogP contribution in [0.25, 0.3) is 0 Å². The van der Waals surface area contributed by atoms with Crippen molar-refractivity contribution in [2.24, 2.45) is 17.6 Å². The van der Waals surface area contributed by atoms with E-state index in [0.29, 0.717) is 12.0 Å². The molecule has 34 heavy (non-hydrogen) atoms. The SMILES string of the molecule is CCC(C)C(N)C(=O)NC(Cc1ccc(O)cc1)C(=O)NC(CC(C)C)C(=O)NC(C)C(=O)O. The summed E-state index contributed by atoms with van der Waals surface area (Å²) >= 11 is 0. The molecule has 5 unspecified atom stereocenters. The fourth-order valence-electron chi connectivity index (χ4n) is 3.21. The second kappa shape index (κ2) is 13.5. The number of carbonyl (C=O) groups is 4. The number of nitrogens with one attached hydrogen (secondary N) is 3. The Bertz CT molecular complexity index is 842. The van der Waals surface area contributed by atoms with Crippen LogP contribution in [0, 0.1) is 11.8 Å². The highest BCUT2D eigenvalue weighted by molar-refractivity contribution is 5.94. The fourth-order valence-corrected chi connectivity index (χ4v) is 3.21. The highest BCUT2D eigenvalue weighted by Gasteiger charge is 2.30. The van der Waals surface area contributed by atoms with E-state index in [9.17, 15) is 24.3 Å². The smallest absolute Gasteiger partial charge is 0.325 e. The third kappa shape index (κ3) is 9.38. The van der Waals surface area contributed by atoms with E-state index >= 15 is 0 Å². The molecule has 0 aromatic heterocycles. The third-order valence-corrected chi connectivity index (χ3v) is 5.64. The lowest BCUT2D eigenvalue weighted by atomic mass is 9.97. The van der Waals surface area contributed by atoms with Gasteiger partial charge >= 0.3 is 5.97 Å². The molecule has 0 bridgehead atoms. The molecule has 1 rings (SSSR count). The second-order valence-electron chi connectivity index (χ2n) is 9.10. The molecule has 0 radical (unpaired) electrons. The molecule has 7 N–H and O–H groups in total. The van der Waals surface area contributed by atoms with E-state index in [1.165, 1.54) is 19.1 Å². The Hall–Kier alpha value is -3.14. The maximum absolute atomic E-state index is 13.2. The van der Waals surface area contributed by atoms with Crippen molar-refractivity contribution in [3.63, 3.8) is 0 Å². The highest BCUT2D eigenvalue weighted by Crippen LogP contribution is 2.13. The summed E-state index contributed by atoms with van der Waals surface area (Å²) in [5, 5.41) is 26.3. The van der Waals surface area contributed by atoms with E-state index in [-0.39, 0.29) is 30.4 Å². The monoisotopic (exact) mass is 478 g/mol. The van der Waals surface area contributed by atoms with Crippen LogP contribution in [0.15, 0.2) is 24.3 Å². The number of phenolic OH excluding ortho intramolecular Hbond substituents is 1. The molecule has 0 saturated carbocycles. The topological polar surface area (TPSA) is 171 Å². The summed E-state index contributed by atoms with van der Waals surface area (Å²) in [5.74, 6) is -2.91. The van der Waals surface area contributed by atoms with E-state index in [4.69, 9.17) is 10.8 Å². The van der Waals surface area contributed by atoms with Crippen LogP contribution >= 0.6 is 0 Å². The van der Waals surface area contributed by atoms with Crippen molar-refractivity contribution in [2.75, 3.05) is 0 Å². The van der Waals surface area contributed by atoms with Crippen molar-refractivity contribution in [2.45, 2.75) is 78.0 Å². The minimum absolute atomic E-state index is 0.0279. The minimum atomic E-state index is -1.19. The molecule has 0 fully saturated rings. The van der Waals surface area contributed by atoms with E-state index in [0.717, 1.165) is 0 Å². The number of rotatable bonds is 13.